The van der Waals surface area contributed by atoms with Gasteiger partial charge in [-0.25, -0.2) is 13.5 Å². The number of anilines is 2. The van der Waals surface area contributed by atoms with E-state index in [9.17, 15) is 31.2 Å². The Hall–Kier alpha value is -4.40. The maximum atomic E-state index is 14.9. The highest BCUT2D eigenvalue weighted by atomic mass is 32.2. The van der Waals surface area contributed by atoms with Gasteiger partial charge in [-0.3, -0.25) is 23.9 Å². The van der Waals surface area contributed by atoms with Gasteiger partial charge in [0, 0.05) is 18.2 Å². The van der Waals surface area contributed by atoms with Crippen LogP contribution in [0.3, 0.4) is 0 Å². The van der Waals surface area contributed by atoms with E-state index in [2.05, 4.69) is 14.4 Å². The second kappa shape index (κ2) is 12.4. The molecule has 0 saturated carbocycles. The Kier molecular flexibility index (Phi) is 8.90. The zero-order chi connectivity index (χ0) is 33.4. The van der Waals surface area contributed by atoms with Crippen LogP contribution in [0.2, 0.25) is 0 Å². The van der Waals surface area contributed by atoms with E-state index in [1.54, 1.807) is 18.2 Å². The fourth-order valence-corrected chi connectivity index (χ4v) is 7.52. The number of nitrogens with one attached hydrogen (secondary N) is 2. The molecule has 5 rings (SSSR count). The van der Waals surface area contributed by atoms with Gasteiger partial charge in [-0.15, -0.1) is 4.40 Å². The molecule has 0 spiro atoms. The van der Waals surface area contributed by atoms with Crippen molar-refractivity contribution in [3.63, 3.8) is 0 Å². The van der Waals surface area contributed by atoms with Crippen LogP contribution in [0.15, 0.2) is 82.1 Å². The van der Waals surface area contributed by atoms with Crippen LogP contribution in [0.5, 0.6) is 0 Å². The van der Waals surface area contributed by atoms with Crippen molar-refractivity contribution < 1.29 is 36.1 Å². The van der Waals surface area contributed by atoms with Crippen LogP contribution in [0.25, 0.3) is 0 Å². The average Bonchev–Trinajstić information content (AvgIpc) is 2.98. The summed E-state index contributed by atoms with van der Waals surface area (Å²) in [7, 11) is -8.22. The van der Waals surface area contributed by atoms with Crippen molar-refractivity contribution >= 4 is 54.7 Å². The third-order valence-electron chi connectivity index (χ3n) is 7.81. The molecule has 1 heterocycles. The Labute approximate surface area is 267 Å². The summed E-state index contributed by atoms with van der Waals surface area (Å²) in [6.07, 6.45) is 1.46. The molecule has 2 atom stereocenters. The monoisotopic (exact) mass is 666 g/mol. The number of amidine groups is 1. The van der Waals surface area contributed by atoms with Gasteiger partial charge in [0.1, 0.15) is 23.3 Å². The van der Waals surface area contributed by atoms with Gasteiger partial charge < -0.3 is 5.32 Å². The molecular formula is C32H34N4O8S2. The van der Waals surface area contributed by atoms with Crippen molar-refractivity contribution in [1.29, 1.82) is 0 Å². The number of rotatable bonds is 10. The first-order chi connectivity index (χ1) is 21.6. The predicted molar refractivity (Wildman–Crippen MR) is 172 cm³/mol. The topological polar surface area (TPSA) is 168 Å². The van der Waals surface area contributed by atoms with Crippen molar-refractivity contribution in [3.8, 4) is 0 Å². The van der Waals surface area contributed by atoms with Gasteiger partial charge in [0.15, 0.2) is 17.1 Å². The highest BCUT2D eigenvalue weighted by Gasteiger charge is 2.58. The summed E-state index contributed by atoms with van der Waals surface area (Å²) in [5.41, 5.74) is -0.670. The highest BCUT2D eigenvalue weighted by molar-refractivity contribution is 7.92. The number of nitrogens with zero attached hydrogens (tertiary/aromatic N) is 2. The molecule has 242 valence electrons. The predicted octanol–water partition coefficient (Wildman–Crippen LogP) is 4.26. The maximum Gasteiger partial charge on any atom is 0.286 e. The van der Waals surface area contributed by atoms with Crippen molar-refractivity contribution in [2.45, 2.75) is 50.7 Å². The van der Waals surface area contributed by atoms with E-state index in [1.807, 2.05) is 44.2 Å². The van der Waals surface area contributed by atoms with Crippen LogP contribution in [-0.2, 0) is 46.6 Å². The zero-order valence-corrected chi connectivity index (χ0v) is 27.3. The van der Waals surface area contributed by atoms with Crippen molar-refractivity contribution in [2.75, 3.05) is 16.3 Å². The Morgan fingerprint density at radius 2 is 1.74 bits per heavy atom. The van der Waals surface area contributed by atoms with Crippen LogP contribution in [-0.4, -0.2) is 51.5 Å². The Balaban J connectivity index is 1.66. The molecule has 0 aromatic heterocycles. The van der Waals surface area contributed by atoms with Crippen LogP contribution < -0.4 is 10.0 Å². The number of benzene rings is 3. The van der Waals surface area contributed by atoms with Crippen molar-refractivity contribution in [2.24, 2.45) is 16.2 Å². The molecule has 14 heteroatoms. The number of ketones is 2. The molecular weight excluding hydrogens is 633 g/mol. The minimum absolute atomic E-state index is 0.0000386. The molecule has 46 heavy (non-hydrogen) atoms. The lowest BCUT2D eigenvalue weighted by atomic mass is 9.66. The number of hydroxylamine groups is 2. The van der Waals surface area contributed by atoms with Gasteiger partial charge >= 0.3 is 0 Å². The zero-order valence-electron chi connectivity index (χ0n) is 25.7. The molecule has 1 aliphatic heterocycles. The summed E-state index contributed by atoms with van der Waals surface area (Å²) in [6.45, 7) is 5.13. The van der Waals surface area contributed by atoms with Gasteiger partial charge in [0.25, 0.3) is 10.0 Å². The van der Waals surface area contributed by atoms with Crippen LogP contribution in [0.1, 0.15) is 55.1 Å². The normalized spacial score (nSPS) is 20.3. The molecule has 3 aromatic carbocycles. The number of Topliss-reactive ketones (excluding diaryl/α,β-unsaturated/α-hetero) is 2. The number of fused-ring (bicyclic) bond motifs is 2. The molecule has 0 radical (unpaired) electrons. The number of hydrogen-bond acceptors (Lipinski definition) is 9. The van der Waals surface area contributed by atoms with Crippen LogP contribution in [0, 0.1) is 11.8 Å². The summed E-state index contributed by atoms with van der Waals surface area (Å²) >= 11 is 0. The van der Waals surface area contributed by atoms with E-state index in [0.29, 0.717) is 6.42 Å². The summed E-state index contributed by atoms with van der Waals surface area (Å²) in [5.74, 6) is -4.11. The first kappa shape index (κ1) is 33.0. The van der Waals surface area contributed by atoms with Crippen LogP contribution >= 0.6 is 0 Å². The number of carbonyl (C=O) groups is 3. The standard InChI is InChI=1S/C32H34N4O8S2/c1-20(2)16-17-32(36(21(3)37)44-19-22-10-6-5-7-11-22)25-13-9-8-12-24(25)29(38)28(30(32)39)31-33-26-15-14-23(34-45(4,40)41)18-27(26)46(42,43)35-31/h5-15,18,20,28,34H,16-17,19H2,1-4H3,(H,33,35). The summed E-state index contributed by atoms with van der Waals surface area (Å²) in [6, 6.07) is 19.3. The lowest BCUT2D eigenvalue weighted by Gasteiger charge is -2.46. The highest BCUT2D eigenvalue weighted by Crippen LogP contribution is 2.46. The Morgan fingerprint density at radius 3 is 2.39 bits per heavy atom. The fraction of sp³-hybridized carbons (Fsp3) is 0.312. The summed E-state index contributed by atoms with van der Waals surface area (Å²) in [5, 5.41) is 3.87. The smallest absolute Gasteiger partial charge is 0.286 e. The van der Waals surface area contributed by atoms with E-state index >= 15 is 0 Å². The van der Waals surface area contributed by atoms with E-state index in [1.165, 1.54) is 25.1 Å². The summed E-state index contributed by atoms with van der Waals surface area (Å²) < 4.78 is 56.5. The average molecular weight is 667 g/mol. The minimum Gasteiger partial charge on any atom is -0.341 e. The molecule has 2 unspecified atom stereocenters. The van der Waals surface area contributed by atoms with Gasteiger partial charge in [0.05, 0.1) is 11.9 Å². The second-order valence-electron chi connectivity index (χ2n) is 11.7. The number of carbonyl (C=O) groups excluding carboxylic acids is 3. The third-order valence-corrected chi connectivity index (χ3v) is 9.74. The molecule has 0 bridgehead atoms. The molecule has 1 amide bonds. The molecule has 3 aromatic rings. The van der Waals surface area contributed by atoms with Gasteiger partial charge in [0.2, 0.25) is 15.9 Å². The Bertz CT molecular complexity index is 1960. The molecule has 2 aliphatic rings. The Morgan fingerprint density at radius 1 is 1.07 bits per heavy atom. The molecule has 12 nitrogen and oxygen atoms in total. The minimum atomic E-state index is -4.51. The van der Waals surface area contributed by atoms with E-state index in [4.69, 9.17) is 4.84 Å². The van der Waals surface area contributed by atoms with E-state index in [0.717, 1.165) is 22.9 Å². The van der Waals surface area contributed by atoms with Crippen molar-refractivity contribution in [3.05, 3.63) is 89.5 Å². The number of hydrogen-bond donors (Lipinski definition) is 2. The molecule has 0 saturated heterocycles. The lowest BCUT2D eigenvalue weighted by Crippen LogP contribution is -2.61. The van der Waals surface area contributed by atoms with Gasteiger partial charge in [-0.2, -0.15) is 8.42 Å². The van der Waals surface area contributed by atoms with Gasteiger partial charge in [-0.1, -0.05) is 68.4 Å². The van der Waals surface area contributed by atoms with E-state index in [-0.39, 0.29) is 46.3 Å². The van der Waals surface area contributed by atoms with Gasteiger partial charge in [-0.05, 0) is 48.1 Å². The number of amides is 1. The van der Waals surface area contributed by atoms with E-state index < -0.39 is 54.8 Å². The van der Waals surface area contributed by atoms with Crippen molar-refractivity contribution in [1.82, 2.24) is 5.06 Å². The lowest BCUT2D eigenvalue weighted by molar-refractivity contribution is -0.231. The first-order valence-electron chi connectivity index (χ1n) is 14.5. The summed E-state index contributed by atoms with van der Waals surface area (Å²) in [4.78, 5) is 48.2. The molecule has 2 N–H and O–H groups in total. The maximum absolute atomic E-state index is 14.9. The quantitative estimate of drug-likeness (QED) is 0.237. The number of sulfonamides is 2. The molecule has 1 aliphatic carbocycles. The first-order valence-corrected chi connectivity index (χ1v) is 17.9. The largest absolute Gasteiger partial charge is 0.341 e. The second-order valence-corrected chi connectivity index (χ2v) is 15.1. The fourth-order valence-electron chi connectivity index (χ4n) is 5.78. The van der Waals surface area contributed by atoms with Crippen LogP contribution in [0.4, 0.5) is 11.4 Å². The molecule has 0 fully saturated rings. The third kappa shape index (κ3) is 6.32. The SMILES string of the molecule is CC(=O)N(OCc1ccccc1)C1(CCC(C)C)C(=O)C(C2=NS(=O)(=O)c3cc(NS(C)(=O)=O)ccc3N2)C(=O)c2ccccc21.